The number of benzene rings is 2. The summed E-state index contributed by atoms with van der Waals surface area (Å²) in [6.07, 6.45) is 0. The summed E-state index contributed by atoms with van der Waals surface area (Å²) in [5, 5.41) is 0. The molecule has 0 heterocycles. The van der Waals surface area contributed by atoms with E-state index >= 15 is 0 Å². The zero-order valence-electron chi connectivity index (χ0n) is 11.9. The Bertz CT molecular complexity index is 636. The Hall–Kier alpha value is -1.68. The van der Waals surface area contributed by atoms with Crippen LogP contribution in [0.25, 0.3) is 0 Å². The van der Waals surface area contributed by atoms with E-state index in [4.69, 9.17) is 4.74 Å². The van der Waals surface area contributed by atoms with Crippen LogP contribution in [-0.4, -0.2) is 12.4 Å². The van der Waals surface area contributed by atoms with Gasteiger partial charge in [0.05, 0.1) is 4.47 Å². The largest absolute Gasteiger partial charge is 0.485 e. The highest BCUT2D eigenvalue weighted by atomic mass is 79.9. The zero-order valence-corrected chi connectivity index (χ0v) is 13.5. The van der Waals surface area contributed by atoms with Crippen LogP contribution in [0.4, 0.5) is 4.39 Å². The molecule has 2 nitrogen and oxygen atoms in total. The first-order valence-corrected chi connectivity index (χ1v) is 7.47. The molecule has 2 aromatic carbocycles. The van der Waals surface area contributed by atoms with Crippen LogP contribution in [0.2, 0.25) is 0 Å². The Balaban J connectivity index is 1.99. The first kappa shape index (κ1) is 15.7. The number of rotatable bonds is 5. The van der Waals surface area contributed by atoms with Gasteiger partial charge in [0.1, 0.15) is 11.6 Å². The SMILES string of the molecule is CC(C)c1ccc(C(=O)COc2ccc(Br)c(F)c2)cc1. The lowest BCUT2D eigenvalue weighted by Gasteiger charge is -2.08. The molecule has 0 aromatic heterocycles. The number of hydrogen-bond donors (Lipinski definition) is 0. The zero-order chi connectivity index (χ0) is 15.4. The monoisotopic (exact) mass is 350 g/mol. The van der Waals surface area contributed by atoms with Crippen LogP contribution < -0.4 is 4.74 Å². The Morgan fingerprint density at radius 2 is 1.86 bits per heavy atom. The summed E-state index contributed by atoms with van der Waals surface area (Å²) < 4.78 is 19.0. The van der Waals surface area contributed by atoms with Gasteiger partial charge < -0.3 is 4.74 Å². The van der Waals surface area contributed by atoms with Crippen molar-refractivity contribution in [2.24, 2.45) is 0 Å². The summed E-state index contributed by atoms with van der Waals surface area (Å²) in [6, 6.07) is 11.9. The lowest BCUT2D eigenvalue weighted by Crippen LogP contribution is -2.11. The minimum absolute atomic E-state index is 0.109. The highest BCUT2D eigenvalue weighted by molar-refractivity contribution is 9.10. The van der Waals surface area contributed by atoms with E-state index in [9.17, 15) is 9.18 Å². The van der Waals surface area contributed by atoms with Crippen LogP contribution in [0.3, 0.4) is 0 Å². The van der Waals surface area contributed by atoms with Gasteiger partial charge in [0.15, 0.2) is 12.4 Å². The fraction of sp³-hybridized carbons (Fsp3) is 0.235. The van der Waals surface area contributed by atoms with Crippen molar-refractivity contribution in [2.75, 3.05) is 6.61 Å². The molecule has 0 saturated carbocycles. The van der Waals surface area contributed by atoms with E-state index in [1.54, 1.807) is 24.3 Å². The fourth-order valence-corrected chi connectivity index (χ4v) is 2.10. The maximum absolute atomic E-state index is 13.3. The molecule has 0 N–H and O–H groups in total. The van der Waals surface area contributed by atoms with Crippen LogP contribution in [-0.2, 0) is 0 Å². The van der Waals surface area contributed by atoms with Crippen molar-refractivity contribution in [1.29, 1.82) is 0 Å². The average molecular weight is 351 g/mol. The molecule has 0 aliphatic heterocycles. The van der Waals surface area contributed by atoms with Gasteiger partial charge in [-0.15, -0.1) is 0 Å². The van der Waals surface area contributed by atoms with Crippen LogP contribution in [0.1, 0.15) is 35.7 Å². The van der Waals surface area contributed by atoms with E-state index in [1.165, 1.54) is 11.6 Å². The number of ketones is 1. The van der Waals surface area contributed by atoms with Gasteiger partial charge in [-0.3, -0.25) is 4.79 Å². The van der Waals surface area contributed by atoms with E-state index in [-0.39, 0.29) is 12.4 Å². The lowest BCUT2D eigenvalue weighted by molar-refractivity contribution is 0.0921. The molecule has 0 radical (unpaired) electrons. The van der Waals surface area contributed by atoms with Crippen LogP contribution in [0, 0.1) is 5.82 Å². The molecule has 0 aliphatic rings. The minimum Gasteiger partial charge on any atom is -0.485 e. The molecule has 4 heteroatoms. The summed E-state index contributed by atoms with van der Waals surface area (Å²) in [4.78, 5) is 12.0. The second kappa shape index (κ2) is 6.85. The maximum atomic E-state index is 13.3. The first-order chi connectivity index (χ1) is 9.97. The van der Waals surface area contributed by atoms with Gasteiger partial charge in [-0.25, -0.2) is 4.39 Å². The van der Waals surface area contributed by atoms with Gasteiger partial charge in [0.2, 0.25) is 0 Å². The van der Waals surface area contributed by atoms with Gasteiger partial charge >= 0.3 is 0 Å². The third-order valence-electron chi connectivity index (χ3n) is 3.16. The molecule has 2 aromatic rings. The average Bonchev–Trinajstić information content (AvgIpc) is 2.48. The molecular weight excluding hydrogens is 335 g/mol. The molecule has 21 heavy (non-hydrogen) atoms. The van der Waals surface area contributed by atoms with Gasteiger partial charge in [-0.05, 0) is 39.5 Å². The molecule has 2 rings (SSSR count). The van der Waals surface area contributed by atoms with Gasteiger partial charge in [-0.1, -0.05) is 38.1 Å². The third-order valence-corrected chi connectivity index (χ3v) is 3.80. The van der Waals surface area contributed by atoms with E-state index in [2.05, 4.69) is 29.8 Å². The van der Waals surface area contributed by atoms with E-state index < -0.39 is 5.82 Å². The van der Waals surface area contributed by atoms with Gasteiger partial charge in [0, 0.05) is 11.6 Å². The van der Waals surface area contributed by atoms with Crippen molar-refractivity contribution in [2.45, 2.75) is 19.8 Å². The lowest BCUT2D eigenvalue weighted by atomic mass is 10.0. The Labute approximate surface area is 132 Å². The standard InChI is InChI=1S/C17H16BrFO2/c1-11(2)12-3-5-13(6-4-12)17(20)10-21-14-7-8-15(18)16(19)9-14/h3-9,11H,10H2,1-2H3. The van der Waals surface area contributed by atoms with Crippen LogP contribution in [0.5, 0.6) is 5.75 Å². The van der Waals surface area contributed by atoms with Crippen molar-refractivity contribution < 1.29 is 13.9 Å². The number of Topliss-reactive ketones (excluding diaryl/α,β-unsaturated/α-hetero) is 1. The normalized spacial score (nSPS) is 10.7. The molecule has 0 aliphatic carbocycles. The molecule has 0 fully saturated rings. The van der Waals surface area contributed by atoms with Gasteiger partial charge in [0.25, 0.3) is 0 Å². The molecule has 0 spiro atoms. The van der Waals surface area contributed by atoms with Crippen molar-refractivity contribution in [1.82, 2.24) is 0 Å². The molecule has 0 amide bonds. The van der Waals surface area contributed by atoms with Crippen LogP contribution >= 0.6 is 15.9 Å². The maximum Gasteiger partial charge on any atom is 0.200 e. The summed E-state index contributed by atoms with van der Waals surface area (Å²) in [5.74, 6) is 0.217. The molecule has 0 atom stereocenters. The second-order valence-corrected chi connectivity index (χ2v) is 5.92. The number of hydrogen-bond acceptors (Lipinski definition) is 2. The van der Waals surface area contributed by atoms with Crippen molar-refractivity contribution >= 4 is 21.7 Å². The molecule has 0 saturated heterocycles. The summed E-state index contributed by atoms with van der Waals surface area (Å²) >= 11 is 3.07. The van der Waals surface area contributed by atoms with Crippen molar-refractivity contribution in [3.63, 3.8) is 0 Å². The Morgan fingerprint density at radius 3 is 2.43 bits per heavy atom. The fourth-order valence-electron chi connectivity index (χ4n) is 1.85. The van der Waals surface area contributed by atoms with E-state index in [0.29, 0.717) is 21.7 Å². The van der Waals surface area contributed by atoms with E-state index in [1.807, 2.05) is 12.1 Å². The van der Waals surface area contributed by atoms with Gasteiger partial charge in [-0.2, -0.15) is 0 Å². The smallest absolute Gasteiger partial charge is 0.200 e. The molecule has 0 unspecified atom stereocenters. The second-order valence-electron chi connectivity index (χ2n) is 5.06. The highest BCUT2D eigenvalue weighted by Gasteiger charge is 2.09. The predicted octanol–water partition coefficient (Wildman–Crippen LogP) is 4.97. The number of carbonyl (C=O) groups is 1. The molecule has 110 valence electrons. The van der Waals surface area contributed by atoms with Crippen molar-refractivity contribution in [3.8, 4) is 5.75 Å². The predicted molar refractivity (Wildman–Crippen MR) is 84.5 cm³/mol. The molecule has 0 bridgehead atoms. The Kier molecular flexibility index (Phi) is 5.12. The topological polar surface area (TPSA) is 26.3 Å². The number of carbonyl (C=O) groups excluding carboxylic acids is 1. The summed E-state index contributed by atoms with van der Waals surface area (Å²) in [7, 11) is 0. The minimum atomic E-state index is -0.416. The quantitative estimate of drug-likeness (QED) is 0.711. The third kappa shape index (κ3) is 4.14. The summed E-state index contributed by atoms with van der Waals surface area (Å²) in [6.45, 7) is 4.09. The molecular formula is C17H16BrFO2. The highest BCUT2D eigenvalue weighted by Crippen LogP contribution is 2.21. The number of halogens is 2. The summed E-state index contributed by atoms with van der Waals surface area (Å²) in [5.41, 5.74) is 1.78. The van der Waals surface area contributed by atoms with Crippen LogP contribution in [0.15, 0.2) is 46.9 Å². The number of ether oxygens (including phenoxy) is 1. The van der Waals surface area contributed by atoms with E-state index in [0.717, 1.165) is 0 Å². The first-order valence-electron chi connectivity index (χ1n) is 6.68. The van der Waals surface area contributed by atoms with Crippen molar-refractivity contribution in [3.05, 3.63) is 63.9 Å². The Morgan fingerprint density at radius 1 is 1.19 bits per heavy atom.